The third kappa shape index (κ3) is 4.27. The molecule has 5 unspecified atom stereocenters. The van der Waals surface area contributed by atoms with E-state index in [0.29, 0.717) is 16.7 Å². The van der Waals surface area contributed by atoms with E-state index in [-0.39, 0.29) is 34.1 Å². The fraction of sp³-hybridized carbons (Fsp3) is 0.542. The molecule has 1 heterocycles. The van der Waals surface area contributed by atoms with E-state index in [0.717, 1.165) is 25.7 Å². The number of methoxy groups -OCH3 is 1. The molecule has 5 atom stereocenters. The van der Waals surface area contributed by atoms with Crippen LogP contribution >= 0.6 is 0 Å². The Labute approximate surface area is 191 Å². The number of aliphatic hydroxyl groups is 4. The number of aromatic hydroxyl groups is 1. The predicted molar refractivity (Wildman–Crippen MR) is 118 cm³/mol. The molecule has 180 valence electrons. The van der Waals surface area contributed by atoms with Crippen molar-refractivity contribution in [3.63, 3.8) is 0 Å². The van der Waals surface area contributed by atoms with E-state index in [4.69, 9.17) is 14.2 Å². The minimum atomic E-state index is -1.63. The summed E-state index contributed by atoms with van der Waals surface area (Å²) in [4.78, 5) is 13.2. The summed E-state index contributed by atoms with van der Waals surface area (Å²) in [5.41, 5.74) is 0.863. The number of benzene rings is 2. The normalized spacial score (nSPS) is 28.2. The molecule has 1 saturated carbocycles. The van der Waals surface area contributed by atoms with Gasteiger partial charge in [-0.2, -0.15) is 0 Å². The van der Waals surface area contributed by atoms with Gasteiger partial charge in [0, 0.05) is 12.0 Å². The third-order valence-corrected chi connectivity index (χ3v) is 6.65. The van der Waals surface area contributed by atoms with Crippen LogP contribution in [0, 0.1) is 12.8 Å². The lowest BCUT2D eigenvalue weighted by Gasteiger charge is -2.39. The lowest BCUT2D eigenvalue weighted by Crippen LogP contribution is -2.60. The van der Waals surface area contributed by atoms with E-state index in [2.05, 4.69) is 0 Å². The van der Waals surface area contributed by atoms with Crippen molar-refractivity contribution in [1.82, 2.24) is 0 Å². The lowest BCUT2D eigenvalue weighted by atomic mass is 9.90. The van der Waals surface area contributed by atoms with Crippen LogP contribution in [0.2, 0.25) is 0 Å². The molecule has 0 radical (unpaired) electrons. The first kappa shape index (κ1) is 23.7. The van der Waals surface area contributed by atoms with Gasteiger partial charge in [-0.25, -0.2) is 0 Å². The summed E-state index contributed by atoms with van der Waals surface area (Å²) in [6.45, 7) is 1.16. The molecule has 4 rings (SSSR count). The molecule has 1 saturated heterocycles. The zero-order valence-electron chi connectivity index (χ0n) is 18.6. The maximum atomic E-state index is 13.2. The molecule has 9 nitrogen and oxygen atoms in total. The van der Waals surface area contributed by atoms with Gasteiger partial charge in [-0.15, -0.1) is 0 Å². The van der Waals surface area contributed by atoms with Gasteiger partial charge >= 0.3 is 0 Å². The number of fused-ring (bicyclic) bond motifs is 1. The predicted octanol–water partition coefficient (Wildman–Crippen LogP) is 1.41. The number of ether oxygens (including phenoxy) is 3. The molecular weight excluding hydrogens is 432 g/mol. The molecule has 0 spiro atoms. The molecule has 0 aromatic heterocycles. The molecule has 2 aromatic carbocycles. The van der Waals surface area contributed by atoms with Crippen molar-refractivity contribution in [2.75, 3.05) is 13.7 Å². The molecule has 0 amide bonds. The lowest BCUT2D eigenvalue weighted by molar-refractivity contribution is -0.277. The molecule has 9 heteroatoms. The molecule has 1 aliphatic heterocycles. The molecule has 2 aliphatic rings. The van der Waals surface area contributed by atoms with E-state index >= 15 is 0 Å². The second-order valence-electron chi connectivity index (χ2n) is 8.80. The Morgan fingerprint density at radius 3 is 2.42 bits per heavy atom. The van der Waals surface area contributed by atoms with Crippen LogP contribution in [0.3, 0.4) is 0 Å². The highest BCUT2D eigenvalue weighted by Crippen LogP contribution is 2.43. The molecule has 0 bridgehead atoms. The number of hydrogen-bond donors (Lipinski definition) is 5. The van der Waals surface area contributed by atoms with Gasteiger partial charge in [-0.3, -0.25) is 4.79 Å². The van der Waals surface area contributed by atoms with Crippen molar-refractivity contribution in [2.45, 2.75) is 63.3 Å². The largest absolute Gasteiger partial charge is 0.506 e. The van der Waals surface area contributed by atoms with Crippen LogP contribution in [0.15, 0.2) is 18.2 Å². The van der Waals surface area contributed by atoms with Gasteiger partial charge in [0.1, 0.15) is 41.7 Å². The number of Topliss-reactive ketones (excluding diaryl/α,β-unsaturated/α-hetero) is 1. The highest BCUT2D eigenvalue weighted by atomic mass is 16.7. The Hall–Kier alpha value is -2.43. The van der Waals surface area contributed by atoms with Gasteiger partial charge in [0.2, 0.25) is 6.29 Å². The van der Waals surface area contributed by atoms with Crippen molar-refractivity contribution in [2.24, 2.45) is 5.92 Å². The summed E-state index contributed by atoms with van der Waals surface area (Å²) in [5.74, 6) is -0.0225. The molecule has 2 aromatic rings. The number of aryl methyl sites for hydroxylation is 1. The number of hydrogen-bond acceptors (Lipinski definition) is 9. The number of carbonyl (C=O) groups excluding carboxylic acids is 1. The van der Waals surface area contributed by atoms with Gasteiger partial charge in [0.05, 0.1) is 24.7 Å². The zero-order valence-corrected chi connectivity index (χ0v) is 18.6. The van der Waals surface area contributed by atoms with Crippen LogP contribution < -0.4 is 9.47 Å². The summed E-state index contributed by atoms with van der Waals surface area (Å²) >= 11 is 0. The Kier molecular flexibility index (Phi) is 6.78. The van der Waals surface area contributed by atoms with Crippen LogP contribution in [0.4, 0.5) is 0 Å². The smallest absolute Gasteiger partial charge is 0.229 e. The minimum absolute atomic E-state index is 0.0617. The van der Waals surface area contributed by atoms with Crippen LogP contribution in [0.5, 0.6) is 17.2 Å². The summed E-state index contributed by atoms with van der Waals surface area (Å²) in [6, 6.07) is 4.93. The van der Waals surface area contributed by atoms with E-state index in [1.807, 2.05) is 0 Å². The maximum Gasteiger partial charge on any atom is 0.229 e. The first-order chi connectivity index (χ1) is 15.8. The number of carbonyl (C=O) groups is 1. The van der Waals surface area contributed by atoms with Gasteiger partial charge in [-0.05, 0) is 36.8 Å². The van der Waals surface area contributed by atoms with Crippen molar-refractivity contribution in [1.29, 1.82) is 0 Å². The molecular formula is C24H30O9. The fourth-order valence-electron chi connectivity index (χ4n) is 4.80. The number of ketones is 1. The standard InChI is InChI=1S/C24H30O9/c1-11-7-13-8-14(31-2)9-15(32-24-23(30)22(29)20(27)16(10-25)33-24)18(13)21(28)17(11)19(26)12-5-3-4-6-12/h7-9,12,16,20,22-25,27-30H,3-6,10H2,1-2H3. The van der Waals surface area contributed by atoms with Crippen molar-refractivity contribution in [3.05, 3.63) is 29.3 Å². The van der Waals surface area contributed by atoms with Crippen molar-refractivity contribution in [3.8, 4) is 17.2 Å². The average Bonchev–Trinajstić information content (AvgIpc) is 3.33. The van der Waals surface area contributed by atoms with E-state index in [9.17, 15) is 30.3 Å². The number of aliphatic hydroxyl groups excluding tert-OH is 4. The first-order valence-corrected chi connectivity index (χ1v) is 11.1. The summed E-state index contributed by atoms with van der Waals surface area (Å²) in [6.07, 6.45) is -3.85. The summed E-state index contributed by atoms with van der Waals surface area (Å²) < 4.78 is 16.6. The monoisotopic (exact) mass is 462 g/mol. The third-order valence-electron chi connectivity index (χ3n) is 6.65. The maximum absolute atomic E-state index is 13.2. The Balaban J connectivity index is 1.80. The average molecular weight is 462 g/mol. The summed E-state index contributed by atoms with van der Waals surface area (Å²) in [7, 11) is 1.46. The van der Waals surface area contributed by atoms with E-state index in [1.54, 1.807) is 19.1 Å². The first-order valence-electron chi connectivity index (χ1n) is 11.1. The van der Waals surface area contributed by atoms with Crippen LogP contribution in [0.1, 0.15) is 41.6 Å². The molecule has 1 aliphatic carbocycles. The zero-order chi connectivity index (χ0) is 23.9. The highest BCUT2D eigenvalue weighted by molar-refractivity contribution is 6.09. The van der Waals surface area contributed by atoms with Gasteiger partial charge < -0.3 is 39.7 Å². The highest BCUT2D eigenvalue weighted by Gasteiger charge is 2.45. The Morgan fingerprint density at radius 2 is 1.79 bits per heavy atom. The van der Waals surface area contributed by atoms with Gasteiger partial charge in [0.15, 0.2) is 5.78 Å². The Bertz CT molecular complexity index is 1030. The van der Waals surface area contributed by atoms with Crippen molar-refractivity contribution >= 4 is 16.6 Å². The molecule has 5 N–H and O–H groups in total. The minimum Gasteiger partial charge on any atom is -0.506 e. The fourth-order valence-corrected chi connectivity index (χ4v) is 4.80. The van der Waals surface area contributed by atoms with Crippen molar-refractivity contribution < 1.29 is 44.5 Å². The number of phenols is 1. The topological polar surface area (TPSA) is 146 Å². The van der Waals surface area contributed by atoms with E-state index in [1.165, 1.54) is 13.2 Å². The van der Waals surface area contributed by atoms with Crippen LogP contribution in [-0.4, -0.2) is 75.7 Å². The SMILES string of the molecule is COc1cc(OC2OC(CO)C(O)C(O)C2O)c2c(O)c(C(=O)C3CCCC3)c(C)cc2c1. The summed E-state index contributed by atoms with van der Waals surface area (Å²) in [5, 5.41) is 52.0. The van der Waals surface area contributed by atoms with Gasteiger partial charge in [-0.1, -0.05) is 18.9 Å². The van der Waals surface area contributed by atoms with Crippen LogP contribution in [-0.2, 0) is 4.74 Å². The molecule has 33 heavy (non-hydrogen) atoms. The Morgan fingerprint density at radius 1 is 1.09 bits per heavy atom. The second-order valence-corrected chi connectivity index (χ2v) is 8.80. The quantitative estimate of drug-likeness (QED) is 0.402. The number of phenolic OH excluding ortho intramolecular Hbond substituents is 1. The van der Waals surface area contributed by atoms with Crippen LogP contribution in [0.25, 0.3) is 10.8 Å². The van der Waals surface area contributed by atoms with E-state index < -0.39 is 37.3 Å². The molecule has 2 fully saturated rings. The second kappa shape index (κ2) is 9.44. The van der Waals surface area contributed by atoms with Gasteiger partial charge in [0.25, 0.3) is 0 Å². The number of rotatable bonds is 6.